The number of nitrogens with two attached hydrogens (primary N) is 2. The summed E-state index contributed by atoms with van der Waals surface area (Å²) in [6.07, 6.45) is 2.88. The number of rotatable bonds is 34. The van der Waals surface area contributed by atoms with E-state index in [1.165, 1.54) is 5.01 Å². The zero-order valence-corrected chi connectivity index (χ0v) is 28.6. The molecule has 1 aromatic rings. The SMILES string of the molecule is CCc1ccc(NC(=O)CNC=O)cc1COC/C(N)=C/N(N)CCOCCOCCOCCOCCOCCOCCOCCOC. The summed E-state index contributed by atoms with van der Waals surface area (Å²) < 4.78 is 48.8. The van der Waals surface area contributed by atoms with Crippen LogP contribution in [0.1, 0.15) is 18.1 Å². The molecule has 0 fully saturated rings. The molecule has 0 aromatic heterocycles. The van der Waals surface area contributed by atoms with Crippen LogP contribution in [0.4, 0.5) is 5.69 Å². The van der Waals surface area contributed by atoms with Crippen LogP contribution in [0.2, 0.25) is 0 Å². The highest BCUT2D eigenvalue weighted by Crippen LogP contribution is 2.18. The molecule has 0 heterocycles. The Kier molecular flexibility index (Phi) is 28.2. The minimum absolute atomic E-state index is 0.0995. The van der Waals surface area contributed by atoms with Crippen LogP contribution in [0.15, 0.2) is 30.1 Å². The molecule has 0 unspecified atom stereocenters. The van der Waals surface area contributed by atoms with E-state index in [1.54, 1.807) is 13.3 Å². The maximum absolute atomic E-state index is 11.9. The van der Waals surface area contributed by atoms with Crippen molar-refractivity contribution in [3.63, 3.8) is 0 Å². The number of hydrogen-bond donors (Lipinski definition) is 4. The Bertz CT molecular complexity index is 974. The lowest BCUT2D eigenvalue weighted by Crippen LogP contribution is -2.31. The van der Waals surface area contributed by atoms with Gasteiger partial charge in [-0.15, -0.1) is 0 Å². The molecule has 276 valence electrons. The number of nitrogens with zero attached hydrogens (tertiary/aromatic N) is 1. The lowest BCUT2D eigenvalue weighted by molar-refractivity contribution is -0.118. The third kappa shape index (κ3) is 25.2. The van der Waals surface area contributed by atoms with Gasteiger partial charge in [-0.05, 0) is 29.7 Å². The van der Waals surface area contributed by atoms with Crippen LogP contribution in [0.3, 0.4) is 0 Å². The predicted molar refractivity (Wildman–Crippen MR) is 179 cm³/mol. The summed E-state index contributed by atoms with van der Waals surface area (Å²) in [5.41, 5.74) is 9.16. The van der Waals surface area contributed by atoms with Gasteiger partial charge in [-0.25, -0.2) is 5.84 Å². The fourth-order valence-electron chi connectivity index (χ4n) is 3.85. The van der Waals surface area contributed by atoms with Crippen LogP contribution in [-0.4, -0.2) is 143 Å². The first-order valence-corrected chi connectivity index (χ1v) is 16.2. The Morgan fingerprint density at radius 1 is 0.750 bits per heavy atom. The molecule has 0 radical (unpaired) electrons. The number of methoxy groups -OCH3 is 1. The molecule has 0 saturated heterocycles. The van der Waals surface area contributed by atoms with Gasteiger partial charge in [0.2, 0.25) is 12.3 Å². The molecular formula is C32H57N5O11. The van der Waals surface area contributed by atoms with Gasteiger partial charge in [-0.3, -0.25) is 9.59 Å². The van der Waals surface area contributed by atoms with Crippen LogP contribution in [0, 0.1) is 0 Å². The van der Waals surface area contributed by atoms with E-state index in [1.807, 2.05) is 25.1 Å². The number of carbonyl (C=O) groups is 2. The first-order valence-electron chi connectivity index (χ1n) is 16.2. The van der Waals surface area contributed by atoms with Gasteiger partial charge in [0.25, 0.3) is 0 Å². The van der Waals surface area contributed by atoms with Crippen molar-refractivity contribution in [1.82, 2.24) is 10.3 Å². The normalized spacial score (nSPS) is 11.5. The monoisotopic (exact) mass is 687 g/mol. The molecule has 1 rings (SSSR count). The van der Waals surface area contributed by atoms with E-state index in [9.17, 15) is 9.59 Å². The van der Waals surface area contributed by atoms with Gasteiger partial charge in [-0.1, -0.05) is 13.0 Å². The Labute approximate surface area is 284 Å². The number of hydrazine groups is 1. The van der Waals surface area contributed by atoms with Crippen molar-refractivity contribution in [1.29, 1.82) is 0 Å². The highest BCUT2D eigenvalue weighted by atomic mass is 16.6. The maximum atomic E-state index is 11.9. The average Bonchev–Trinajstić information content (AvgIpc) is 3.07. The Morgan fingerprint density at radius 2 is 1.25 bits per heavy atom. The van der Waals surface area contributed by atoms with Gasteiger partial charge in [0.05, 0.1) is 131 Å². The summed E-state index contributed by atoms with van der Waals surface area (Å²) in [5.74, 6) is 5.68. The minimum atomic E-state index is -0.318. The Hall–Kier alpha value is -2.90. The molecule has 2 amide bonds. The van der Waals surface area contributed by atoms with Crippen molar-refractivity contribution in [2.24, 2.45) is 11.6 Å². The van der Waals surface area contributed by atoms with Crippen molar-refractivity contribution >= 4 is 18.0 Å². The molecule has 0 spiro atoms. The molecule has 16 heteroatoms. The standard InChI is InChI=1S/C32H57N5O11/c1-3-28-4-5-31(36-32(39)23-35-27-38)22-29(28)25-48-26-30(33)24-37(34)6-7-41-10-11-43-14-15-45-18-19-47-21-20-46-17-16-44-13-12-42-9-8-40-2/h4-5,22,24,27H,3,6-21,23,25-26,33-34H2,1-2H3,(H,35,38)(H,36,39)/b30-24-. The summed E-state index contributed by atoms with van der Waals surface area (Å²) in [5, 5.41) is 6.52. The molecule has 0 aliphatic carbocycles. The fourth-order valence-corrected chi connectivity index (χ4v) is 3.85. The molecule has 0 aliphatic rings. The summed E-state index contributed by atoms with van der Waals surface area (Å²) >= 11 is 0. The smallest absolute Gasteiger partial charge is 0.243 e. The first-order chi connectivity index (χ1) is 23.5. The topological polar surface area (TPSA) is 197 Å². The van der Waals surface area contributed by atoms with Gasteiger partial charge in [-0.2, -0.15) is 0 Å². The number of nitrogens with one attached hydrogen (secondary N) is 2. The van der Waals surface area contributed by atoms with E-state index in [-0.39, 0.29) is 19.1 Å². The van der Waals surface area contributed by atoms with Crippen molar-refractivity contribution in [2.45, 2.75) is 20.0 Å². The minimum Gasteiger partial charge on any atom is -0.399 e. The molecule has 16 nitrogen and oxygen atoms in total. The van der Waals surface area contributed by atoms with Crippen molar-refractivity contribution < 1.29 is 52.2 Å². The van der Waals surface area contributed by atoms with Crippen LogP contribution in [-0.2, 0) is 65.2 Å². The number of aryl methyl sites for hydroxylation is 1. The summed E-state index contributed by atoms with van der Waals surface area (Å²) in [4.78, 5) is 22.3. The molecular weight excluding hydrogens is 630 g/mol. The van der Waals surface area contributed by atoms with E-state index in [2.05, 4.69) is 10.6 Å². The number of ether oxygens (including phenoxy) is 9. The average molecular weight is 688 g/mol. The van der Waals surface area contributed by atoms with E-state index in [4.69, 9.17) is 54.2 Å². The molecule has 0 aliphatic heterocycles. The van der Waals surface area contributed by atoms with Crippen molar-refractivity contribution in [3.8, 4) is 0 Å². The third-order valence-electron chi connectivity index (χ3n) is 6.23. The number of amides is 2. The van der Waals surface area contributed by atoms with Gasteiger partial charge < -0.3 is 64.0 Å². The summed E-state index contributed by atoms with van der Waals surface area (Å²) in [6, 6.07) is 5.59. The summed E-state index contributed by atoms with van der Waals surface area (Å²) in [6.45, 7) is 10.3. The number of benzene rings is 1. The predicted octanol–water partition coefficient (Wildman–Crippen LogP) is 0.189. The van der Waals surface area contributed by atoms with Gasteiger partial charge in [0.1, 0.15) is 0 Å². The number of anilines is 1. The van der Waals surface area contributed by atoms with Crippen molar-refractivity contribution in [2.75, 3.05) is 131 Å². The first kappa shape index (κ1) is 43.1. The van der Waals surface area contributed by atoms with Crippen molar-refractivity contribution in [3.05, 3.63) is 41.2 Å². The van der Waals surface area contributed by atoms with E-state index < -0.39 is 0 Å². The lowest BCUT2D eigenvalue weighted by Gasteiger charge is -2.16. The molecule has 0 saturated carbocycles. The van der Waals surface area contributed by atoms with Crippen LogP contribution >= 0.6 is 0 Å². The van der Waals surface area contributed by atoms with Gasteiger partial charge in [0, 0.05) is 19.0 Å². The maximum Gasteiger partial charge on any atom is 0.243 e. The highest BCUT2D eigenvalue weighted by Gasteiger charge is 2.07. The fraction of sp³-hybridized carbons (Fsp3) is 0.688. The Balaban J connectivity index is 1.97. The van der Waals surface area contributed by atoms with E-state index in [0.717, 1.165) is 17.5 Å². The molecule has 6 N–H and O–H groups in total. The molecule has 48 heavy (non-hydrogen) atoms. The van der Waals surface area contributed by atoms with Crippen LogP contribution in [0.25, 0.3) is 0 Å². The zero-order chi connectivity index (χ0) is 34.9. The highest BCUT2D eigenvalue weighted by molar-refractivity contribution is 5.93. The summed E-state index contributed by atoms with van der Waals surface area (Å²) in [7, 11) is 1.64. The second-order valence-corrected chi connectivity index (χ2v) is 10.1. The molecule has 1 aromatic carbocycles. The number of hydrogen-bond acceptors (Lipinski definition) is 14. The lowest BCUT2D eigenvalue weighted by atomic mass is 10.0. The second-order valence-electron chi connectivity index (χ2n) is 10.1. The molecule has 0 atom stereocenters. The second kappa shape index (κ2) is 31.4. The van der Waals surface area contributed by atoms with Gasteiger partial charge in [0.15, 0.2) is 0 Å². The Morgan fingerprint density at radius 3 is 1.73 bits per heavy atom. The zero-order valence-electron chi connectivity index (χ0n) is 28.6. The number of carbonyl (C=O) groups excluding carboxylic acids is 2. The van der Waals surface area contributed by atoms with Crippen LogP contribution < -0.4 is 22.2 Å². The van der Waals surface area contributed by atoms with E-state index >= 15 is 0 Å². The van der Waals surface area contributed by atoms with Gasteiger partial charge >= 0.3 is 0 Å². The largest absolute Gasteiger partial charge is 0.399 e. The molecule has 0 bridgehead atoms. The van der Waals surface area contributed by atoms with E-state index in [0.29, 0.717) is 130 Å². The quantitative estimate of drug-likeness (QED) is 0.0332. The third-order valence-corrected chi connectivity index (χ3v) is 6.23. The van der Waals surface area contributed by atoms with Crippen LogP contribution in [0.5, 0.6) is 0 Å².